The summed E-state index contributed by atoms with van der Waals surface area (Å²) in [6.07, 6.45) is -0.0186. The maximum atomic E-state index is 12.6. The fourth-order valence-corrected chi connectivity index (χ4v) is 3.98. The highest BCUT2D eigenvalue weighted by molar-refractivity contribution is 7.12. The number of thiophene rings is 1. The molecule has 0 radical (unpaired) electrons. The summed E-state index contributed by atoms with van der Waals surface area (Å²) in [4.78, 5) is 43.3. The normalized spacial score (nSPS) is 10.7. The highest BCUT2D eigenvalue weighted by atomic mass is 32.1. The molecule has 0 aliphatic heterocycles. The van der Waals surface area contributed by atoms with Crippen LogP contribution in [-0.4, -0.2) is 21.3 Å². The highest BCUT2D eigenvalue weighted by Crippen LogP contribution is 2.22. The van der Waals surface area contributed by atoms with Crippen LogP contribution in [-0.2, 0) is 22.7 Å². The highest BCUT2D eigenvalue weighted by Gasteiger charge is 2.16. The van der Waals surface area contributed by atoms with Crippen molar-refractivity contribution in [3.63, 3.8) is 0 Å². The molecule has 0 saturated heterocycles. The Hall–Kier alpha value is -3.31. The van der Waals surface area contributed by atoms with Gasteiger partial charge in [0.05, 0.1) is 23.4 Å². The van der Waals surface area contributed by atoms with E-state index < -0.39 is 5.97 Å². The Bertz CT molecular complexity index is 1190. The Morgan fingerprint density at radius 2 is 2.00 bits per heavy atom. The van der Waals surface area contributed by atoms with Gasteiger partial charge in [-0.1, -0.05) is 12.1 Å². The van der Waals surface area contributed by atoms with E-state index in [1.165, 1.54) is 4.57 Å². The van der Waals surface area contributed by atoms with E-state index >= 15 is 0 Å². The number of carbonyl (C=O) groups excluding carboxylic acids is 2. The molecule has 2 heterocycles. The molecule has 0 N–H and O–H groups in total. The molecular formula is C21H19N3O4S. The van der Waals surface area contributed by atoms with Gasteiger partial charge in [-0.15, -0.1) is 11.3 Å². The van der Waals surface area contributed by atoms with Crippen LogP contribution >= 0.6 is 11.3 Å². The minimum Gasteiger partial charge on any atom is -0.457 e. The third kappa shape index (κ3) is 4.58. The Morgan fingerprint density at radius 3 is 2.69 bits per heavy atom. The van der Waals surface area contributed by atoms with Gasteiger partial charge in [-0.25, -0.2) is 4.98 Å². The fourth-order valence-electron chi connectivity index (χ4n) is 3.03. The summed E-state index contributed by atoms with van der Waals surface area (Å²) in [5, 5.41) is 9.41. The van der Waals surface area contributed by atoms with Crippen molar-refractivity contribution in [2.75, 3.05) is 0 Å². The molecule has 7 nitrogen and oxygen atoms in total. The van der Waals surface area contributed by atoms with Gasteiger partial charge < -0.3 is 4.74 Å². The number of hydrogen-bond acceptors (Lipinski definition) is 7. The SMILES string of the molecule is Cc1cc(C(=O)CCC(=O)OCc2nc3ccccc3c(=O)n2CC#N)c(C)s1. The van der Waals surface area contributed by atoms with Gasteiger partial charge in [-0.2, -0.15) is 5.26 Å². The Balaban J connectivity index is 1.68. The second-order valence-electron chi connectivity index (χ2n) is 6.51. The summed E-state index contributed by atoms with van der Waals surface area (Å²) < 4.78 is 6.41. The zero-order valence-corrected chi connectivity index (χ0v) is 16.9. The average Bonchev–Trinajstić information content (AvgIpc) is 3.05. The van der Waals surface area contributed by atoms with Crippen molar-refractivity contribution in [1.29, 1.82) is 5.26 Å². The molecule has 0 atom stereocenters. The number of rotatable bonds is 7. The molecule has 1 aromatic carbocycles. The van der Waals surface area contributed by atoms with Crippen LogP contribution in [0.3, 0.4) is 0 Å². The fraction of sp³-hybridized carbons (Fsp3) is 0.286. The first-order valence-corrected chi connectivity index (χ1v) is 9.83. The Labute approximate surface area is 171 Å². The van der Waals surface area contributed by atoms with Crippen LogP contribution in [0.25, 0.3) is 10.9 Å². The van der Waals surface area contributed by atoms with Crippen LogP contribution in [0.2, 0.25) is 0 Å². The summed E-state index contributed by atoms with van der Waals surface area (Å²) >= 11 is 1.54. The zero-order chi connectivity index (χ0) is 21.0. The summed E-state index contributed by atoms with van der Waals surface area (Å²) in [5.41, 5.74) is 0.747. The minimum atomic E-state index is -0.561. The molecule has 148 valence electrons. The van der Waals surface area contributed by atoms with Crippen molar-refractivity contribution in [2.45, 2.75) is 39.8 Å². The molecule has 0 aliphatic carbocycles. The van der Waals surface area contributed by atoms with Crippen molar-refractivity contribution in [2.24, 2.45) is 0 Å². The number of ether oxygens (including phenoxy) is 1. The second-order valence-corrected chi connectivity index (χ2v) is 7.97. The lowest BCUT2D eigenvalue weighted by molar-refractivity contribution is -0.145. The molecular weight excluding hydrogens is 390 g/mol. The minimum absolute atomic E-state index is 0.0476. The van der Waals surface area contributed by atoms with Crippen molar-refractivity contribution < 1.29 is 14.3 Å². The number of nitrogens with zero attached hydrogens (tertiary/aromatic N) is 3. The number of aryl methyl sites for hydroxylation is 2. The van der Waals surface area contributed by atoms with E-state index in [-0.39, 0.29) is 43.2 Å². The molecule has 0 aliphatic rings. The number of para-hydroxylation sites is 1. The summed E-state index contributed by atoms with van der Waals surface area (Å²) in [6.45, 7) is 3.37. The van der Waals surface area contributed by atoms with Crippen LogP contribution < -0.4 is 5.56 Å². The molecule has 0 unspecified atom stereocenters. The lowest BCUT2D eigenvalue weighted by Crippen LogP contribution is -2.26. The largest absolute Gasteiger partial charge is 0.457 e. The summed E-state index contributed by atoms with van der Waals surface area (Å²) in [5.74, 6) is -0.470. The molecule has 0 spiro atoms. The number of nitriles is 1. The van der Waals surface area contributed by atoms with Crippen LogP contribution in [0, 0.1) is 25.2 Å². The zero-order valence-electron chi connectivity index (χ0n) is 16.1. The van der Waals surface area contributed by atoms with E-state index in [0.717, 1.165) is 9.75 Å². The van der Waals surface area contributed by atoms with Crippen LogP contribution in [0.5, 0.6) is 0 Å². The lowest BCUT2D eigenvalue weighted by Gasteiger charge is -2.11. The van der Waals surface area contributed by atoms with Gasteiger partial charge in [0.1, 0.15) is 13.2 Å². The number of ketones is 1. The molecule has 3 rings (SSSR count). The van der Waals surface area contributed by atoms with Gasteiger partial charge in [0.15, 0.2) is 11.6 Å². The van der Waals surface area contributed by atoms with Gasteiger partial charge in [0.2, 0.25) is 0 Å². The van der Waals surface area contributed by atoms with Gasteiger partial charge in [0.25, 0.3) is 5.56 Å². The number of fused-ring (bicyclic) bond motifs is 1. The van der Waals surface area contributed by atoms with Gasteiger partial charge in [-0.3, -0.25) is 19.0 Å². The van der Waals surface area contributed by atoms with Gasteiger partial charge in [0, 0.05) is 21.7 Å². The lowest BCUT2D eigenvalue weighted by atomic mass is 10.1. The molecule has 0 bridgehead atoms. The number of hydrogen-bond donors (Lipinski definition) is 0. The van der Waals surface area contributed by atoms with Gasteiger partial charge >= 0.3 is 5.97 Å². The summed E-state index contributed by atoms with van der Waals surface area (Å²) in [7, 11) is 0. The predicted molar refractivity (Wildman–Crippen MR) is 109 cm³/mol. The van der Waals surface area contributed by atoms with Crippen molar-refractivity contribution in [3.8, 4) is 6.07 Å². The standard InChI is InChI=1S/C21H19N3O4S/c1-13-11-16(14(2)29-13)18(25)7-8-20(26)28-12-19-23-17-6-4-3-5-15(17)21(27)24(19)10-9-22/h3-6,11H,7-8,10,12H2,1-2H3. The number of aromatic nitrogens is 2. The third-order valence-corrected chi connectivity index (χ3v) is 5.40. The van der Waals surface area contributed by atoms with Crippen molar-refractivity contribution >= 4 is 34.0 Å². The molecule has 3 aromatic rings. The van der Waals surface area contributed by atoms with Gasteiger partial charge in [-0.05, 0) is 32.0 Å². The quantitative estimate of drug-likeness (QED) is 0.438. The molecule has 2 aromatic heterocycles. The molecule has 0 fully saturated rings. The molecule has 0 saturated carbocycles. The Morgan fingerprint density at radius 1 is 1.24 bits per heavy atom. The predicted octanol–water partition coefficient (Wildman–Crippen LogP) is 3.30. The van der Waals surface area contributed by atoms with E-state index in [0.29, 0.717) is 16.5 Å². The van der Waals surface area contributed by atoms with E-state index in [4.69, 9.17) is 10.00 Å². The number of benzene rings is 1. The maximum Gasteiger partial charge on any atom is 0.306 e. The monoisotopic (exact) mass is 409 g/mol. The first kappa shape index (κ1) is 20.4. The van der Waals surface area contributed by atoms with E-state index in [2.05, 4.69) is 4.98 Å². The van der Waals surface area contributed by atoms with Crippen LogP contribution in [0.15, 0.2) is 35.1 Å². The van der Waals surface area contributed by atoms with Crippen LogP contribution in [0.1, 0.15) is 38.8 Å². The maximum absolute atomic E-state index is 12.6. The Kier molecular flexibility index (Phi) is 6.20. The topological polar surface area (TPSA) is 102 Å². The number of Topliss-reactive ketones (excluding diaryl/α,β-unsaturated/α-hetero) is 1. The summed E-state index contributed by atoms with van der Waals surface area (Å²) in [6, 6.07) is 10.5. The van der Waals surface area contributed by atoms with E-state index in [1.807, 2.05) is 26.0 Å². The first-order chi connectivity index (χ1) is 13.9. The number of carbonyl (C=O) groups is 2. The van der Waals surface area contributed by atoms with Crippen molar-refractivity contribution in [3.05, 3.63) is 61.8 Å². The molecule has 0 amide bonds. The van der Waals surface area contributed by atoms with Crippen LogP contribution in [0.4, 0.5) is 0 Å². The third-order valence-electron chi connectivity index (χ3n) is 4.43. The first-order valence-electron chi connectivity index (χ1n) is 9.02. The number of esters is 1. The molecule has 8 heteroatoms. The molecule has 29 heavy (non-hydrogen) atoms. The smallest absolute Gasteiger partial charge is 0.306 e. The van der Waals surface area contributed by atoms with Crippen molar-refractivity contribution in [1.82, 2.24) is 9.55 Å². The average molecular weight is 409 g/mol. The van der Waals surface area contributed by atoms with E-state index in [1.54, 1.807) is 35.6 Å². The van der Waals surface area contributed by atoms with E-state index in [9.17, 15) is 14.4 Å². The second kappa shape index (κ2) is 8.80.